The summed E-state index contributed by atoms with van der Waals surface area (Å²) in [6, 6.07) is 0. The van der Waals surface area contributed by atoms with Crippen molar-refractivity contribution >= 4 is 0 Å². The first-order valence-electron chi connectivity index (χ1n) is 7.07. The third-order valence-corrected chi connectivity index (χ3v) is 3.59. The highest BCUT2D eigenvalue weighted by atomic mass is 16.5. The predicted molar refractivity (Wildman–Crippen MR) is 80.3 cm³/mol. The first-order valence-corrected chi connectivity index (χ1v) is 7.07. The van der Waals surface area contributed by atoms with Gasteiger partial charge in [0.05, 0.1) is 41.6 Å². The van der Waals surface area contributed by atoms with Crippen molar-refractivity contribution < 1.29 is 9.05 Å². The van der Waals surface area contributed by atoms with E-state index in [-0.39, 0.29) is 0 Å². The fraction of sp³-hybridized carbons (Fsp3) is 0. The van der Waals surface area contributed by atoms with Gasteiger partial charge >= 0.3 is 0 Å². The average Bonchev–Trinajstić information content (AvgIpc) is 3.48. The molecule has 12 nitrogen and oxygen atoms in total. The summed E-state index contributed by atoms with van der Waals surface area (Å²) in [5, 5.41) is 28.5. The van der Waals surface area contributed by atoms with Gasteiger partial charge in [-0.25, -0.2) is 4.98 Å². The zero-order chi connectivity index (χ0) is 16.6. The van der Waals surface area contributed by atoms with E-state index in [4.69, 9.17) is 9.05 Å². The lowest BCUT2D eigenvalue weighted by molar-refractivity contribution is 0.393. The van der Waals surface area contributed by atoms with E-state index >= 15 is 0 Å². The lowest BCUT2D eigenvalue weighted by Gasteiger charge is -1.98. The molecule has 0 aromatic carbocycles. The number of rotatable bonds is 4. The second-order valence-electron chi connectivity index (χ2n) is 5.02. The van der Waals surface area contributed by atoms with Gasteiger partial charge in [-0.05, 0) is 0 Å². The summed E-state index contributed by atoms with van der Waals surface area (Å²) in [5.41, 5.74) is 3.78. The van der Waals surface area contributed by atoms with Gasteiger partial charge in [0, 0.05) is 5.27 Å². The molecule has 0 unspecified atom stereocenters. The van der Waals surface area contributed by atoms with Crippen LogP contribution in [0.25, 0.3) is 45.5 Å². The van der Waals surface area contributed by atoms with E-state index in [2.05, 4.69) is 51.1 Å². The fourth-order valence-corrected chi connectivity index (χ4v) is 2.44. The molecule has 0 bridgehead atoms. The number of aromatic amines is 3. The minimum absolute atomic E-state index is 0.447. The first-order chi connectivity index (χ1) is 12.4. The molecule has 0 saturated carbocycles. The number of imidazole rings is 1. The van der Waals surface area contributed by atoms with E-state index in [0.29, 0.717) is 39.8 Å². The minimum atomic E-state index is 0.447. The van der Waals surface area contributed by atoms with E-state index in [9.17, 15) is 0 Å². The molecule has 122 valence electrons. The lowest BCUT2D eigenvalue weighted by atomic mass is 10.1. The van der Waals surface area contributed by atoms with Crippen molar-refractivity contribution in [2.24, 2.45) is 0 Å². The molecule has 12 heteroatoms. The van der Waals surface area contributed by atoms with Crippen LogP contribution in [0.4, 0.5) is 0 Å². The van der Waals surface area contributed by atoms with Gasteiger partial charge in [-0.1, -0.05) is 5.16 Å². The maximum Gasteiger partial charge on any atom is 0.194 e. The number of hydrogen-bond acceptors (Lipinski definition) is 9. The second kappa shape index (κ2) is 5.23. The summed E-state index contributed by atoms with van der Waals surface area (Å²) in [7, 11) is 0. The van der Waals surface area contributed by atoms with Gasteiger partial charge in [0.15, 0.2) is 12.0 Å². The lowest BCUT2D eigenvalue weighted by Crippen LogP contribution is -1.86. The summed E-state index contributed by atoms with van der Waals surface area (Å²) < 4.78 is 10.2. The van der Waals surface area contributed by atoms with E-state index in [1.54, 1.807) is 18.6 Å². The Balaban J connectivity index is 1.59. The molecule has 3 N–H and O–H groups in total. The molecule has 5 aromatic heterocycles. The Morgan fingerprint density at radius 3 is 2.80 bits per heavy atom. The Bertz CT molecular complexity index is 1100. The van der Waals surface area contributed by atoms with Crippen molar-refractivity contribution in [2.45, 2.75) is 0 Å². The van der Waals surface area contributed by atoms with E-state index in [0.717, 1.165) is 5.69 Å². The van der Waals surface area contributed by atoms with Crippen LogP contribution in [0.1, 0.15) is 0 Å². The molecule has 5 rings (SSSR count). The summed E-state index contributed by atoms with van der Waals surface area (Å²) in [5.74, 6) is 1.03. The van der Waals surface area contributed by atoms with Crippen molar-refractivity contribution in [3.63, 3.8) is 0 Å². The Hall–Kier alpha value is -4.09. The van der Waals surface area contributed by atoms with Crippen LogP contribution >= 0.6 is 0 Å². The summed E-state index contributed by atoms with van der Waals surface area (Å²) >= 11 is 0. The molecule has 0 aliphatic carbocycles. The second-order valence-corrected chi connectivity index (χ2v) is 5.02. The van der Waals surface area contributed by atoms with Crippen LogP contribution in [0.2, 0.25) is 0 Å². The smallest absolute Gasteiger partial charge is 0.194 e. The highest BCUT2D eigenvalue weighted by Crippen LogP contribution is 2.35. The quantitative estimate of drug-likeness (QED) is 0.438. The fourth-order valence-electron chi connectivity index (χ4n) is 2.44. The minimum Gasteiger partial charge on any atom is -0.354 e. The van der Waals surface area contributed by atoms with Gasteiger partial charge in [0.2, 0.25) is 0 Å². The highest BCUT2D eigenvalue weighted by Gasteiger charge is 2.22. The van der Waals surface area contributed by atoms with E-state index in [1.807, 2.05) is 0 Å². The standard InChI is InChI=1S/C13H8N10O2/c1-7(13-14-3-8(18-13)9-4-16-22-19-9)11(21-15-1)12-6(2-17-25-12)10-5-24-23-20-10/h1-5H,(H,14,18)(H,15,21)(H,16,19,22). The molecule has 0 fully saturated rings. The molecule has 0 saturated heterocycles. The van der Waals surface area contributed by atoms with Crippen LogP contribution in [0.15, 0.2) is 40.1 Å². The molecule has 0 aliphatic rings. The van der Waals surface area contributed by atoms with Crippen molar-refractivity contribution in [3.05, 3.63) is 31.1 Å². The summed E-state index contributed by atoms with van der Waals surface area (Å²) in [4.78, 5) is 7.54. The van der Waals surface area contributed by atoms with Crippen molar-refractivity contribution in [3.8, 4) is 45.5 Å². The van der Waals surface area contributed by atoms with Gasteiger partial charge < -0.3 is 14.0 Å². The van der Waals surface area contributed by atoms with Gasteiger partial charge in [-0.15, -0.1) is 5.10 Å². The van der Waals surface area contributed by atoms with Crippen molar-refractivity contribution in [2.75, 3.05) is 0 Å². The van der Waals surface area contributed by atoms with Crippen molar-refractivity contribution in [1.29, 1.82) is 0 Å². The zero-order valence-electron chi connectivity index (χ0n) is 12.3. The maximum absolute atomic E-state index is 5.37. The first kappa shape index (κ1) is 13.4. The molecule has 0 radical (unpaired) electrons. The van der Waals surface area contributed by atoms with Crippen LogP contribution < -0.4 is 0 Å². The number of H-pyrrole nitrogens is 3. The Morgan fingerprint density at radius 2 is 1.96 bits per heavy atom. The maximum atomic E-state index is 5.37. The summed E-state index contributed by atoms with van der Waals surface area (Å²) in [6.45, 7) is 0. The molecular formula is C13H8N10O2. The van der Waals surface area contributed by atoms with Crippen LogP contribution in [-0.2, 0) is 0 Å². The van der Waals surface area contributed by atoms with Gasteiger partial charge in [0.25, 0.3) is 0 Å². The third-order valence-electron chi connectivity index (χ3n) is 3.59. The van der Waals surface area contributed by atoms with Crippen LogP contribution in [0, 0.1) is 0 Å². The Labute approximate surface area is 137 Å². The molecule has 5 heterocycles. The van der Waals surface area contributed by atoms with E-state index < -0.39 is 0 Å². The Kier molecular flexibility index (Phi) is 2.79. The monoisotopic (exact) mass is 336 g/mol. The van der Waals surface area contributed by atoms with E-state index in [1.165, 1.54) is 12.5 Å². The summed E-state index contributed by atoms with van der Waals surface area (Å²) in [6.07, 6.45) is 7.82. The van der Waals surface area contributed by atoms with Crippen molar-refractivity contribution in [1.82, 2.24) is 51.1 Å². The molecule has 0 amide bonds. The number of aromatic nitrogens is 10. The van der Waals surface area contributed by atoms with Crippen LogP contribution in [0.5, 0.6) is 0 Å². The average molecular weight is 336 g/mol. The number of nitrogens with zero attached hydrogens (tertiary/aromatic N) is 7. The van der Waals surface area contributed by atoms with Gasteiger partial charge in [-0.2, -0.15) is 20.5 Å². The third kappa shape index (κ3) is 2.12. The predicted octanol–water partition coefficient (Wildman–Crippen LogP) is 1.29. The Morgan fingerprint density at radius 1 is 0.960 bits per heavy atom. The normalized spacial score (nSPS) is 11.2. The molecule has 25 heavy (non-hydrogen) atoms. The molecule has 5 aromatic rings. The molecule has 0 aliphatic heterocycles. The van der Waals surface area contributed by atoms with Crippen LogP contribution in [-0.4, -0.2) is 51.1 Å². The zero-order valence-corrected chi connectivity index (χ0v) is 12.3. The largest absolute Gasteiger partial charge is 0.354 e. The number of nitrogens with one attached hydrogen (secondary N) is 3. The molecule has 0 spiro atoms. The SMILES string of the molecule is c1n[nH]nc1-c1cnc(-c2cn[nH]c2-c2oncc2-c2conn2)[nH]1. The highest BCUT2D eigenvalue weighted by molar-refractivity contribution is 5.83. The van der Waals surface area contributed by atoms with Gasteiger partial charge in [0.1, 0.15) is 22.9 Å². The van der Waals surface area contributed by atoms with Crippen LogP contribution in [0.3, 0.4) is 0 Å². The van der Waals surface area contributed by atoms with Gasteiger partial charge in [-0.3, -0.25) is 5.10 Å². The topological polar surface area (TPSA) is 164 Å². The molecule has 0 atom stereocenters. The number of hydrogen-bond donors (Lipinski definition) is 3. The molecular weight excluding hydrogens is 328 g/mol.